The van der Waals surface area contributed by atoms with Crippen molar-refractivity contribution in [1.29, 1.82) is 0 Å². The van der Waals surface area contributed by atoms with E-state index in [4.69, 9.17) is 4.74 Å². The zero-order valence-corrected chi connectivity index (χ0v) is 13.5. The van der Waals surface area contributed by atoms with Crippen LogP contribution >= 0.6 is 0 Å². The number of rotatable bonds is 6. The van der Waals surface area contributed by atoms with E-state index in [-0.39, 0.29) is 12.1 Å². The number of halogens is 1. The van der Waals surface area contributed by atoms with Gasteiger partial charge in [-0.05, 0) is 43.7 Å². The lowest BCUT2D eigenvalue weighted by molar-refractivity contribution is 0.101. The predicted octanol–water partition coefficient (Wildman–Crippen LogP) is 3.29. The van der Waals surface area contributed by atoms with Crippen LogP contribution in [0.4, 0.5) is 14.9 Å². The number of benzene rings is 1. The monoisotopic (exact) mass is 324 g/mol. The number of aliphatic hydroxyl groups is 1. The molecule has 128 valence electrons. The Labute approximate surface area is 136 Å². The van der Waals surface area contributed by atoms with E-state index in [9.17, 15) is 14.3 Å². The van der Waals surface area contributed by atoms with Crippen LogP contribution in [0.3, 0.4) is 0 Å². The van der Waals surface area contributed by atoms with Gasteiger partial charge in [-0.15, -0.1) is 0 Å². The van der Waals surface area contributed by atoms with Crippen LogP contribution in [0.5, 0.6) is 5.75 Å². The van der Waals surface area contributed by atoms with Gasteiger partial charge in [-0.3, -0.25) is 0 Å². The average molecular weight is 324 g/mol. The summed E-state index contributed by atoms with van der Waals surface area (Å²) >= 11 is 0. The molecule has 6 heteroatoms. The number of nitrogens with one attached hydrogen (secondary N) is 2. The van der Waals surface area contributed by atoms with E-state index in [1.807, 2.05) is 6.92 Å². The number of urea groups is 1. The molecule has 0 saturated heterocycles. The minimum Gasteiger partial charge on any atom is -0.491 e. The Kier molecular flexibility index (Phi) is 6.65. The molecular formula is C17H25FN2O3. The number of carbonyl (C=O) groups excluding carboxylic acids is 1. The Morgan fingerprint density at radius 2 is 2.26 bits per heavy atom. The molecule has 0 aromatic heterocycles. The van der Waals surface area contributed by atoms with Crippen LogP contribution in [0.1, 0.15) is 39.0 Å². The van der Waals surface area contributed by atoms with Crippen LogP contribution < -0.4 is 15.4 Å². The summed E-state index contributed by atoms with van der Waals surface area (Å²) in [6.07, 6.45) is 4.11. The summed E-state index contributed by atoms with van der Waals surface area (Å²) in [5, 5.41) is 15.1. The van der Waals surface area contributed by atoms with Crippen molar-refractivity contribution >= 4 is 11.7 Å². The van der Waals surface area contributed by atoms with Crippen molar-refractivity contribution in [2.75, 3.05) is 18.5 Å². The topological polar surface area (TPSA) is 70.6 Å². The normalized spacial score (nSPS) is 20.8. The summed E-state index contributed by atoms with van der Waals surface area (Å²) < 4.78 is 18.8. The van der Waals surface area contributed by atoms with Gasteiger partial charge in [0.1, 0.15) is 11.6 Å². The van der Waals surface area contributed by atoms with Crippen LogP contribution in [0.2, 0.25) is 0 Å². The Bertz CT molecular complexity index is 525. The molecule has 3 N–H and O–H groups in total. The minimum atomic E-state index is -0.404. The number of aliphatic hydroxyl groups excluding tert-OH is 1. The Morgan fingerprint density at radius 3 is 3.00 bits per heavy atom. The van der Waals surface area contributed by atoms with Crippen molar-refractivity contribution in [3.05, 3.63) is 24.0 Å². The Balaban J connectivity index is 1.86. The number of ether oxygens (including phenoxy) is 1. The van der Waals surface area contributed by atoms with Crippen LogP contribution in [0.15, 0.2) is 18.2 Å². The first-order chi connectivity index (χ1) is 11.1. The van der Waals surface area contributed by atoms with Gasteiger partial charge in [0.15, 0.2) is 0 Å². The lowest BCUT2D eigenvalue weighted by Gasteiger charge is -2.26. The molecule has 1 fully saturated rings. The molecule has 0 radical (unpaired) electrons. The summed E-state index contributed by atoms with van der Waals surface area (Å²) in [6, 6.07) is 3.69. The van der Waals surface area contributed by atoms with E-state index in [1.54, 1.807) is 0 Å². The molecule has 1 aliphatic carbocycles. The van der Waals surface area contributed by atoms with E-state index in [0.717, 1.165) is 32.1 Å². The molecule has 0 heterocycles. The fraction of sp³-hybridized carbons (Fsp3) is 0.588. The first kappa shape index (κ1) is 17.5. The van der Waals surface area contributed by atoms with Crippen LogP contribution in [-0.2, 0) is 0 Å². The van der Waals surface area contributed by atoms with Crippen molar-refractivity contribution in [2.45, 2.75) is 45.1 Å². The second-order valence-electron chi connectivity index (χ2n) is 6.01. The molecular weight excluding hydrogens is 299 g/mol. The molecule has 2 rings (SSSR count). The highest BCUT2D eigenvalue weighted by atomic mass is 19.1. The third kappa shape index (κ3) is 5.71. The van der Waals surface area contributed by atoms with E-state index in [1.165, 1.54) is 18.2 Å². The standard InChI is InChI=1S/C17H25FN2O3/c1-2-8-23-16-10-13(18)6-7-15(16)20-17(22)19-11-12-4-3-5-14(21)9-12/h6-7,10,12,14,21H,2-5,8-9,11H2,1H3,(H2,19,20,22). The van der Waals surface area contributed by atoms with E-state index in [2.05, 4.69) is 10.6 Å². The first-order valence-corrected chi connectivity index (χ1v) is 8.23. The zero-order chi connectivity index (χ0) is 16.7. The summed E-state index contributed by atoms with van der Waals surface area (Å²) in [5.74, 6) is 0.224. The largest absolute Gasteiger partial charge is 0.491 e. The highest BCUT2D eigenvalue weighted by molar-refractivity contribution is 5.90. The summed E-state index contributed by atoms with van der Waals surface area (Å²) in [4.78, 5) is 12.0. The van der Waals surface area contributed by atoms with Gasteiger partial charge >= 0.3 is 6.03 Å². The molecule has 1 aromatic rings. The molecule has 2 unspecified atom stereocenters. The second-order valence-corrected chi connectivity index (χ2v) is 6.01. The van der Waals surface area contributed by atoms with Gasteiger partial charge in [-0.25, -0.2) is 9.18 Å². The van der Waals surface area contributed by atoms with Crippen LogP contribution in [0, 0.1) is 11.7 Å². The van der Waals surface area contributed by atoms with E-state index < -0.39 is 5.82 Å². The van der Waals surface area contributed by atoms with Crippen LogP contribution in [0.25, 0.3) is 0 Å². The highest BCUT2D eigenvalue weighted by Crippen LogP contribution is 2.26. The highest BCUT2D eigenvalue weighted by Gasteiger charge is 2.20. The zero-order valence-electron chi connectivity index (χ0n) is 13.5. The van der Waals surface area contributed by atoms with Crippen molar-refractivity contribution in [3.8, 4) is 5.75 Å². The third-order valence-corrected chi connectivity index (χ3v) is 3.96. The van der Waals surface area contributed by atoms with Gasteiger partial charge in [0.05, 0.1) is 18.4 Å². The number of hydrogen-bond donors (Lipinski definition) is 3. The summed E-state index contributed by atoms with van der Waals surface area (Å²) in [7, 11) is 0. The van der Waals surface area contributed by atoms with E-state index in [0.29, 0.717) is 30.5 Å². The minimum absolute atomic E-state index is 0.259. The maximum absolute atomic E-state index is 13.3. The fourth-order valence-electron chi connectivity index (χ4n) is 2.78. The average Bonchev–Trinajstić information content (AvgIpc) is 2.53. The second kappa shape index (κ2) is 8.72. The van der Waals surface area contributed by atoms with Gasteiger partial charge in [0.2, 0.25) is 0 Å². The third-order valence-electron chi connectivity index (χ3n) is 3.96. The molecule has 2 atom stereocenters. The quantitative estimate of drug-likeness (QED) is 0.752. The molecule has 2 amide bonds. The predicted molar refractivity (Wildman–Crippen MR) is 87.2 cm³/mol. The van der Waals surface area contributed by atoms with Crippen molar-refractivity contribution in [3.63, 3.8) is 0 Å². The van der Waals surface area contributed by atoms with E-state index >= 15 is 0 Å². The van der Waals surface area contributed by atoms with Crippen LogP contribution in [-0.4, -0.2) is 30.4 Å². The molecule has 1 aliphatic rings. The molecule has 5 nitrogen and oxygen atoms in total. The number of hydrogen-bond acceptors (Lipinski definition) is 3. The summed E-state index contributed by atoms with van der Waals surface area (Å²) in [5.41, 5.74) is 0.445. The van der Waals surface area contributed by atoms with Gasteiger partial charge in [-0.1, -0.05) is 13.3 Å². The van der Waals surface area contributed by atoms with Gasteiger partial charge < -0.3 is 20.5 Å². The van der Waals surface area contributed by atoms with Crippen molar-refractivity contribution in [1.82, 2.24) is 5.32 Å². The van der Waals surface area contributed by atoms with Crippen molar-refractivity contribution < 1.29 is 19.0 Å². The maximum atomic E-state index is 13.3. The molecule has 23 heavy (non-hydrogen) atoms. The molecule has 0 bridgehead atoms. The Hall–Kier alpha value is -1.82. The Morgan fingerprint density at radius 1 is 1.43 bits per heavy atom. The van der Waals surface area contributed by atoms with Gasteiger partial charge in [-0.2, -0.15) is 0 Å². The number of carbonyl (C=O) groups is 1. The maximum Gasteiger partial charge on any atom is 0.319 e. The fourth-order valence-corrected chi connectivity index (χ4v) is 2.78. The first-order valence-electron chi connectivity index (χ1n) is 8.23. The SMILES string of the molecule is CCCOc1cc(F)ccc1NC(=O)NCC1CCCC(O)C1. The number of anilines is 1. The molecule has 1 aromatic carbocycles. The summed E-state index contributed by atoms with van der Waals surface area (Å²) in [6.45, 7) is 2.94. The number of amides is 2. The van der Waals surface area contributed by atoms with Gasteiger partial charge in [0.25, 0.3) is 0 Å². The van der Waals surface area contributed by atoms with Gasteiger partial charge in [0, 0.05) is 12.6 Å². The lowest BCUT2D eigenvalue weighted by Crippen LogP contribution is -2.35. The van der Waals surface area contributed by atoms with Crippen molar-refractivity contribution in [2.24, 2.45) is 5.92 Å². The smallest absolute Gasteiger partial charge is 0.319 e. The molecule has 1 saturated carbocycles. The molecule has 0 spiro atoms. The molecule has 0 aliphatic heterocycles. The lowest BCUT2D eigenvalue weighted by atomic mass is 9.87.